The quantitative estimate of drug-likeness (QED) is 0.475. The zero-order chi connectivity index (χ0) is 19.4. The molecule has 0 radical (unpaired) electrons. The largest absolute Gasteiger partial charge is 0.494 e. The summed E-state index contributed by atoms with van der Waals surface area (Å²) in [4.78, 5) is 0. The maximum Gasteiger partial charge on any atom is 0.150 e. The molecule has 140 valence electrons. The minimum absolute atomic E-state index is 0.00217. The second kappa shape index (κ2) is 8.03. The molecule has 3 nitrogen and oxygen atoms in total. The number of methoxy groups -OCH3 is 1. The highest BCUT2D eigenvalue weighted by Gasteiger charge is 2.28. The van der Waals surface area contributed by atoms with Gasteiger partial charge in [0.25, 0.3) is 0 Å². The standard InChI is InChI=1S/C23H32N2O/c1-8-22(3,4)17-15-19(23(5,6)9-2)21(26-7)20(16-17)25-24-18-13-11-10-12-14-18/h10-16H,8-9H2,1-7H3. The average molecular weight is 353 g/mol. The second-order valence-electron chi connectivity index (χ2n) is 8.09. The van der Waals surface area contributed by atoms with Gasteiger partial charge in [0.1, 0.15) is 11.4 Å². The lowest BCUT2D eigenvalue weighted by molar-refractivity contribution is 0.388. The third-order valence-electron chi connectivity index (χ3n) is 5.58. The van der Waals surface area contributed by atoms with E-state index in [2.05, 4.69) is 63.9 Å². The molecule has 3 heteroatoms. The molecule has 2 rings (SSSR count). The normalized spacial score (nSPS) is 12.6. The van der Waals surface area contributed by atoms with E-state index in [4.69, 9.17) is 4.74 Å². The fourth-order valence-corrected chi connectivity index (χ4v) is 2.80. The highest BCUT2D eigenvalue weighted by atomic mass is 16.5. The van der Waals surface area contributed by atoms with Gasteiger partial charge < -0.3 is 4.74 Å². The maximum absolute atomic E-state index is 5.80. The van der Waals surface area contributed by atoms with Crippen molar-refractivity contribution in [2.24, 2.45) is 10.2 Å². The number of hydrogen-bond acceptors (Lipinski definition) is 3. The number of nitrogens with zero attached hydrogens (tertiary/aromatic N) is 2. The second-order valence-corrected chi connectivity index (χ2v) is 8.09. The Kier molecular flexibility index (Phi) is 6.22. The van der Waals surface area contributed by atoms with Gasteiger partial charge in [-0.3, -0.25) is 0 Å². The van der Waals surface area contributed by atoms with E-state index < -0.39 is 0 Å². The van der Waals surface area contributed by atoms with Gasteiger partial charge in [0.05, 0.1) is 12.8 Å². The summed E-state index contributed by atoms with van der Waals surface area (Å²) in [6.07, 6.45) is 2.08. The van der Waals surface area contributed by atoms with Crippen molar-refractivity contribution in [3.63, 3.8) is 0 Å². The van der Waals surface area contributed by atoms with Crippen LogP contribution in [0.4, 0.5) is 11.4 Å². The van der Waals surface area contributed by atoms with Crippen LogP contribution in [0.25, 0.3) is 0 Å². The Hall–Kier alpha value is -2.16. The van der Waals surface area contributed by atoms with E-state index in [1.807, 2.05) is 30.3 Å². The summed E-state index contributed by atoms with van der Waals surface area (Å²) < 4.78 is 5.80. The van der Waals surface area contributed by atoms with Crippen LogP contribution >= 0.6 is 0 Å². The van der Waals surface area contributed by atoms with Gasteiger partial charge >= 0.3 is 0 Å². The van der Waals surface area contributed by atoms with Crippen molar-refractivity contribution in [3.8, 4) is 5.75 Å². The molecular weight excluding hydrogens is 320 g/mol. The Morgan fingerprint density at radius 2 is 1.46 bits per heavy atom. The van der Waals surface area contributed by atoms with Gasteiger partial charge in [-0.2, -0.15) is 5.11 Å². The minimum atomic E-state index is 0.00217. The molecule has 0 bridgehead atoms. The summed E-state index contributed by atoms with van der Waals surface area (Å²) in [7, 11) is 1.72. The average Bonchev–Trinajstić information content (AvgIpc) is 2.66. The first-order valence-corrected chi connectivity index (χ1v) is 9.45. The van der Waals surface area contributed by atoms with Crippen molar-refractivity contribution >= 4 is 11.4 Å². The highest BCUT2D eigenvalue weighted by molar-refractivity contribution is 5.61. The first-order valence-electron chi connectivity index (χ1n) is 9.45. The molecule has 0 saturated carbocycles. The molecule has 0 aromatic heterocycles. The number of benzene rings is 2. The van der Waals surface area contributed by atoms with E-state index in [1.54, 1.807) is 7.11 Å². The number of azo groups is 1. The van der Waals surface area contributed by atoms with Crippen molar-refractivity contribution in [1.82, 2.24) is 0 Å². The molecule has 0 aliphatic rings. The van der Waals surface area contributed by atoms with Crippen LogP contribution in [0.3, 0.4) is 0 Å². The molecule has 0 spiro atoms. The SMILES string of the molecule is CCC(C)(C)c1cc(N=Nc2ccccc2)c(OC)c(C(C)(C)CC)c1. The summed E-state index contributed by atoms with van der Waals surface area (Å²) in [5.74, 6) is 0.826. The first kappa shape index (κ1) is 20.2. The summed E-state index contributed by atoms with van der Waals surface area (Å²) >= 11 is 0. The van der Waals surface area contributed by atoms with Crippen LogP contribution in [0, 0.1) is 0 Å². The summed E-state index contributed by atoms with van der Waals surface area (Å²) in [6.45, 7) is 13.5. The predicted molar refractivity (Wildman–Crippen MR) is 110 cm³/mol. The van der Waals surface area contributed by atoms with Crippen molar-refractivity contribution in [2.45, 2.75) is 65.2 Å². The highest BCUT2D eigenvalue weighted by Crippen LogP contribution is 2.44. The lowest BCUT2D eigenvalue weighted by Crippen LogP contribution is -2.21. The van der Waals surface area contributed by atoms with Gasteiger partial charge in [-0.25, -0.2) is 0 Å². The Labute approximate surface area is 158 Å². The Morgan fingerprint density at radius 1 is 0.846 bits per heavy atom. The smallest absolute Gasteiger partial charge is 0.150 e. The molecule has 0 unspecified atom stereocenters. The van der Waals surface area contributed by atoms with Gasteiger partial charge in [-0.1, -0.05) is 65.8 Å². The third kappa shape index (κ3) is 4.32. The predicted octanol–water partition coefficient (Wildman–Crippen LogP) is 7.49. The molecule has 0 aliphatic heterocycles. The molecule has 0 heterocycles. The Bertz CT molecular complexity index is 761. The Balaban J connectivity index is 2.66. The van der Waals surface area contributed by atoms with Gasteiger partial charge in [0, 0.05) is 5.56 Å². The van der Waals surface area contributed by atoms with Gasteiger partial charge in [0.2, 0.25) is 0 Å². The zero-order valence-electron chi connectivity index (χ0n) is 17.3. The third-order valence-corrected chi connectivity index (χ3v) is 5.58. The molecule has 2 aromatic rings. The van der Waals surface area contributed by atoms with Gasteiger partial charge in [-0.15, -0.1) is 5.11 Å². The molecule has 0 aliphatic carbocycles. The van der Waals surface area contributed by atoms with E-state index in [9.17, 15) is 0 Å². The molecule has 2 aromatic carbocycles. The van der Waals surface area contributed by atoms with E-state index >= 15 is 0 Å². The number of rotatable bonds is 7. The van der Waals surface area contributed by atoms with Crippen LogP contribution in [0.15, 0.2) is 52.7 Å². The van der Waals surface area contributed by atoms with E-state index in [0.29, 0.717) is 0 Å². The fourth-order valence-electron chi connectivity index (χ4n) is 2.80. The molecule has 0 amide bonds. The minimum Gasteiger partial charge on any atom is -0.494 e. The number of ether oxygens (including phenoxy) is 1. The van der Waals surface area contributed by atoms with E-state index in [-0.39, 0.29) is 10.8 Å². The maximum atomic E-state index is 5.80. The molecular formula is C23H32N2O. The van der Waals surface area contributed by atoms with Crippen molar-refractivity contribution in [1.29, 1.82) is 0 Å². The summed E-state index contributed by atoms with van der Waals surface area (Å²) in [5, 5.41) is 8.99. The van der Waals surface area contributed by atoms with Crippen molar-refractivity contribution < 1.29 is 4.74 Å². The zero-order valence-corrected chi connectivity index (χ0v) is 17.3. The molecule has 0 atom stereocenters. The van der Waals surface area contributed by atoms with Crippen LogP contribution in [-0.4, -0.2) is 7.11 Å². The molecule has 0 N–H and O–H groups in total. The Morgan fingerprint density at radius 3 is 2.00 bits per heavy atom. The molecule has 0 saturated heterocycles. The van der Waals surface area contributed by atoms with Crippen LogP contribution in [-0.2, 0) is 10.8 Å². The molecule has 26 heavy (non-hydrogen) atoms. The number of hydrogen-bond donors (Lipinski definition) is 0. The van der Waals surface area contributed by atoms with E-state index in [1.165, 1.54) is 11.1 Å². The van der Waals surface area contributed by atoms with Crippen LogP contribution in [0.2, 0.25) is 0 Å². The lowest BCUT2D eigenvalue weighted by atomic mass is 9.76. The monoisotopic (exact) mass is 352 g/mol. The fraction of sp³-hybridized carbons (Fsp3) is 0.478. The summed E-state index contributed by atoms with van der Waals surface area (Å²) in [6, 6.07) is 14.2. The van der Waals surface area contributed by atoms with Gasteiger partial charge in [0.15, 0.2) is 0 Å². The van der Waals surface area contributed by atoms with Crippen LogP contribution in [0.1, 0.15) is 65.5 Å². The van der Waals surface area contributed by atoms with Crippen molar-refractivity contribution in [2.75, 3.05) is 7.11 Å². The topological polar surface area (TPSA) is 34.0 Å². The van der Waals surface area contributed by atoms with Crippen molar-refractivity contribution in [3.05, 3.63) is 53.6 Å². The lowest BCUT2D eigenvalue weighted by Gasteiger charge is -2.30. The molecule has 0 fully saturated rings. The van der Waals surface area contributed by atoms with Crippen LogP contribution in [0.5, 0.6) is 5.75 Å². The van der Waals surface area contributed by atoms with E-state index in [0.717, 1.165) is 30.0 Å². The first-order chi connectivity index (χ1) is 12.2. The van der Waals surface area contributed by atoms with Gasteiger partial charge in [-0.05, 0) is 47.4 Å². The van der Waals surface area contributed by atoms with Crippen LogP contribution < -0.4 is 4.74 Å². The summed E-state index contributed by atoms with van der Waals surface area (Å²) in [5.41, 5.74) is 4.19.